The van der Waals surface area contributed by atoms with Crippen molar-refractivity contribution in [3.05, 3.63) is 34.1 Å². The molecule has 0 bridgehead atoms. The van der Waals surface area contributed by atoms with Crippen LogP contribution in [0.4, 0.5) is 0 Å². The maximum Gasteiger partial charge on any atom is 0.169 e. The van der Waals surface area contributed by atoms with Crippen molar-refractivity contribution >= 4 is 22.6 Å². The molecular weight excluding hydrogens is 289 g/mol. The predicted molar refractivity (Wildman–Crippen MR) is 63.9 cm³/mol. The van der Waals surface area contributed by atoms with Crippen LogP contribution in [0, 0.1) is 3.83 Å². The summed E-state index contributed by atoms with van der Waals surface area (Å²) in [7, 11) is 0. The van der Waals surface area contributed by atoms with Crippen LogP contribution in [0.25, 0.3) is 11.3 Å². The Labute approximate surface area is 96.1 Å². The van der Waals surface area contributed by atoms with Crippen molar-refractivity contribution < 1.29 is 0 Å². The number of aryl methyl sites for hydroxylation is 1. The minimum Gasteiger partial charge on any atom is -0.337 e. The lowest BCUT2D eigenvalue weighted by Gasteiger charge is -1.97. The monoisotopic (exact) mass is 299 g/mol. The molecule has 2 aromatic heterocycles. The average Bonchev–Trinajstić information content (AvgIpc) is 2.61. The molecule has 2 aromatic rings. The molecule has 0 fully saturated rings. The molecule has 0 aromatic carbocycles. The minimum atomic E-state index is 0.929. The number of nitrogens with zero attached hydrogens (tertiary/aromatic N) is 2. The van der Waals surface area contributed by atoms with Gasteiger partial charge in [0.25, 0.3) is 0 Å². The zero-order valence-electron chi connectivity index (χ0n) is 7.79. The molecule has 0 aliphatic heterocycles. The molecule has 1 N–H and O–H groups in total. The quantitative estimate of drug-likeness (QED) is 0.866. The zero-order valence-corrected chi connectivity index (χ0v) is 9.95. The van der Waals surface area contributed by atoms with Gasteiger partial charge in [0, 0.05) is 23.7 Å². The van der Waals surface area contributed by atoms with E-state index in [0.29, 0.717) is 0 Å². The van der Waals surface area contributed by atoms with Crippen molar-refractivity contribution in [3.8, 4) is 11.3 Å². The summed E-state index contributed by atoms with van der Waals surface area (Å²) in [6, 6.07) is 3.95. The van der Waals surface area contributed by atoms with Crippen LogP contribution in [0.3, 0.4) is 0 Å². The minimum absolute atomic E-state index is 0.929. The molecule has 4 heteroatoms. The Bertz CT molecular complexity index is 422. The van der Waals surface area contributed by atoms with Gasteiger partial charge in [-0.05, 0) is 41.1 Å². The SMILES string of the molecule is CCc1[nH]c(I)nc1-c1cccnc1. The number of nitrogens with one attached hydrogen (secondary N) is 1. The number of halogens is 1. The second-order valence-electron chi connectivity index (χ2n) is 2.95. The third-order valence-electron chi connectivity index (χ3n) is 2.04. The van der Waals surface area contributed by atoms with Gasteiger partial charge in [-0.25, -0.2) is 4.98 Å². The fourth-order valence-electron chi connectivity index (χ4n) is 1.37. The number of H-pyrrole nitrogens is 1. The summed E-state index contributed by atoms with van der Waals surface area (Å²) >= 11 is 2.19. The molecule has 0 unspecified atom stereocenters. The van der Waals surface area contributed by atoms with Gasteiger partial charge in [-0.15, -0.1) is 0 Å². The standard InChI is InChI=1S/C10H10IN3/c1-2-8-9(14-10(11)13-8)7-4-3-5-12-6-7/h3-6H,2H2,1H3,(H,13,14). The van der Waals surface area contributed by atoms with E-state index in [2.05, 4.69) is 44.5 Å². The maximum atomic E-state index is 4.44. The molecule has 0 saturated carbocycles. The Balaban J connectivity index is 2.51. The lowest BCUT2D eigenvalue weighted by molar-refractivity contribution is 1.05. The molecule has 0 amide bonds. The highest BCUT2D eigenvalue weighted by Crippen LogP contribution is 2.21. The Hall–Kier alpha value is -0.910. The van der Waals surface area contributed by atoms with Gasteiger partial charge in [-0.1, -0.05) is 6.92 Å². The van der Waals surface area contributed by atoms with E-state index in [1.807, 2.05) is 18.3 Å². The summed E-state index contributed by atoms with van der Waals surface area (Å²) in [6.07, 6.45) is 4.57. The number of pyridine rings is 1. The van der Waals surface area contributed by atoms with Crippen molar-refractivity contribution in [3.63, 3.8) is 0 Å². The van der Waals surface area contributed by atoms with Gasteiger partial charge in [0.15, 0.2) is 3.83 Å². The zero-order chi connectivity index (χ0) is 9.97. The molecule has 72 valence electrons. The molecule has 0 aliphatic rings. The van der Waals surface area contributed by atoms with E-state index >= 15 is 0 Å². The van der Waals surface area contributed by atoms with Crippen LogP contribution < -0.4 is 0 Å². The lowest BCUT2D eigenvalue weighted by Crippen LogP contribution is -1.86. The molecule has 0 aliphatic carbocycles. The van der Waals surface area contributed by atoms with Crippen molar-refractivity contribution in [1.29, 1.82) is 0 Å². The van der Waals surface area contributed by atoms with Crippen LogP contribution in [-0.4, -0.2) is 15.0 Å². The van der Waals surface area contributed by atoms with E-state index in [4.69, 9.17) is 0 Å². The van der Waals surface area contributed by atoms with Gasteiger partial charge in [0.05, 0.1) is 5.69 Å². The number of aromatic amines is 1. The highest BCUT2D eigenvalue weighted by molar-refractivity contribution is 14.1. The number of aromatic nitrogens is 3. The van der Waals surface area contributed by atoms with Gasteiger partial charge in [0.2, 0.25) is 0 Å². The third kappa shape index (κ3) is 1.79. The van der Waals surface area contributed by atoms with Crippen LogP contribution in [0.15, 0.2) is 24.5 Å². The molecule has 2 rings (SSSR count). The summed E-state index contributed by atoms with van der Waals surface area (Å²) in [5.74, 6) is 0. The van der Waals surface area contributed by atoms with Crippen molar-refractivity contribution in [2.45, 2.75) is 13.3 Å². The van der Waals surface area contributed by atoms with Crippen molar-refractivity contribution in [2.24, 2.45) is 0 Å². The van der Waals surface area contributed by atoms with Gasteiger partial charge >= 0.3 is 0 Å². The molecule has 2 heterocycles. The van der Waals surface area contributed by atoms with E-state index in [9.17, 15) is 0 Å². The Morgan fingerprint density at radius 2 is 2.36 bits per heavy atom. The van der Waals surface area contributed by atoms with E-state index in [1.54, 1.807) is 6.20 Å². The summed E-state index contributed by atoms with van der Waals surface area (Å²) in [4.78, 5) is 11.8. The van der Waals surface area contributed by atoms with Crippen LogP contribution in [0.1, 0.15) is 12.6 Å². The molecule has 0 spiro atoms. The lowest BCUT2D eigenvalue weighted by atomic mass is 10.1. The van der Waals surface area contributed by atoms with E-state index in [0.717, 1.165) is 21.5 Å². The van der Waals surface area contributed by atoms with Crippen molar-refractivity contribution in [1.82, 2.24) is 15.0 Å². The van der Waals surface area contributed by atoms with Crippen molar-refractivity contribution in [2.75, 3.05) is 0 Å². The third-order valence-corrected chi connectivity index (χ3v) is 2.55. The Kier molecular flexibility index (Phi) is 2.81. The first-order chi connectivity index (χ1) is 6.81. The molecule has 14 heavy (non-hydrogen) atoms. The highest BCUT2D eigenvalue weighted by Gasteiger charge is 2.08. The highest BCUT2D eigenvalue weighted by atomic mass is 127. The van der Waals surface area contributed by atoms with Gasteiger partial charge in [-0.3, -0.25) is 4.98 Å². The second-order valence-corrected chi connectivity index (χ2v) is 3.97. The summed E-state index contributed by atoms with van der Waals surface area (Å²) in [6.45, 7) is 2.11. The largest absolute Gasteiger partial charge is 0.337 e. The molecule has 0 saturated heterocycles. The molecule has 0 radical (unpaired) electrons. The van der Waals surface area contributed by atoms with Gasteiger partial charge < -0.3 is 4.98 Å². The Morgan fingerprint density at radius 1 is 1.50 bits per heavy atom. The van der Waals surface area contributed by atoms with E-state index in [-0.39, 0.29) is 0 Å². The van der Waals surface area contributed by atoms with Gasteiger partial charge in [0.1, 0.15) is 0 Å². The number of rotatable bonds is 2. The predicted octanol–water partition coefficient (Wildman–Crippen LogP) is 2.64. The van der Waals surface area contributed by atoms with Crippen LogP contribution >= 0.6 is 22.6 Å². The first kappa shape index (κ1) is 9.64. The summed E-state index contributed by atoms with van der Waals surface area (Å²) in [5.41, 5.74) is 3.26. The molecule has 0 atom stereocenters. The summed E-state index contributed by atoms with van der Waals surface area (Å²) in [5, 5.41) is 0. The molecule has 3 nitrogen and oxygen atoms in total. The smallest absolute Gasteiger partial charge is 0.169 e. The topological polar surface area (TPSA) is 41.6 Å². The van der Waals surface area contributed by atoms with E-state index in [1.165, 1.54) is 5.69 Å². The first-order valence-electron chi connectivity index (χ1n) is 4.46. The van der Waals surface area contributed by atoms with E-state index < -0.39 is 0 Å². The first-order valence-corrected chi connectivity index (χ1v) is 5.54. The number of hydrogen-bond acceptors (Lipinski definition) is 2. The summed E-state index contributed by atoms with van der Waals surface area (Å²) < 4.78 is 0.929. The fraction of sp³-hybridized carbons (Fsp3) is 0.200. The Morgan fingerprint density at radius 3 is 3.00 bits per heavy atom. The van der Waals surface area contributed by atoms with Crippen LogP contribution in [-0.2, 0) is 6.42 Å². The number of imidazole rings is 1. The fourth-order valence-corrected chi connectivity index (χ4v) is 1.94. The molecular formula is C10H10IN3. The average molecular weight is 299 g/mol. The van der Waals surface area contributed by atoms with Gasteiger partial charge in [-0.2, -0.15) is 0 Å². The maximum absolute atomic E-state index is 4.44. The van der Waals surface area contributed by atoms with Crippen LogP contribution in [0.2, 0.25) is 0 Å². The second kappa shape index (κ2) is 4.08. The normalized spacial score (nSPS) is 10.4. The van der Waals surface area contributed by atoms with Crippen LogP contribution in [0.5, 0.6) is 0 Å². The number of hydrogen-bond donors (Lipinski definition) is 1.